The Labute approximate surface area is 821 Å². The monoisotopic (exact) mass is 2200 g/mol. The highest BCUT2D eigenvalue weighted by Crippen LogP contribution is 2.44. The number of carbonyl (C=O) groups excluding carboxylic acids is 4. The molecule has 4 rings (SSSR count). The van der Waals surface area contributed by atoms with Gasteiger partial charge in [0.25, 0.3) is 115 Å². The van der Waals surface area contributed by atoms with Gasteiger partial charge in [0.15, 0.2) is 46.0 Å². The van der Waals surface area contributed by atoms with E-state index in [1.165, 1.54) is 30.7 Å². The number of nitrogens with two attached hydrogens (primary N) is 4. The van der Waals surface area contributed by atoms with Crippen LogP contribution in [0.5, 0.6) is 69.0 Å². The van der Waals surface area contributed by atoms with Crippen LogP contribution >= 0.6 is 0 Å². The van der Waals surface area contributed by atoms with Crippen LogP contribution in [0.3, 0.4) is 0 Å². The van der Waals surface area contributed by atoms with Crippen LogP contribution in [0, 0.1) is 5.53 Å². The first-order valence-electron chi connectivity index (χ1n) is 43.0. The molecule has 4 aromatic rings. The number of nitrogens with one attached hydrogen (secondary N) is 6. The number of hydrogen-bond donors (Lipinski definition) is 19. The van der Waals surface area contributed by atoms with Crippen molar-refractivity contribution >= 4 is 115 Å². The van der Waals surface area contributed by atoms with Gasteiger partial charge >= 0.3 is 0 Å². The Morgan fingerprint density at radius 1 is 0.310 bits per heavy atom. The molecule has 806 valence electrons. The van der Waals surface area contributed by atoms with E-state index >= 15 is 0 Å². The van der Waals surface area contributed by atoms with E-state index in [1.807, 2.05) is 6.92 Å². The SMILES string of the molecule is CCCCNC(=O)c1cc(OC/C(N)=C/N(N)CCCNC(=O)c2cc(OCCCS(=O)(=O)O)c(OCCCS(=O)(=O)O)c(OCCCS(=O)(=O)O)c2)c(OC/C(=C/NCCCNC(=O)c2cc(OCCCS(=O)(=O)O)c(OCCCS(=O)(=O)O)c(OCCCS(=O)(=O)O)c2)N=N)c(OC/C(N)=C/N(N)CCCNC(=O)c2cc(OCCCS(=O)(=O)O)c(OCCCS(=O)(=O)O)c(OCCCS(=O)(=O)O)c2)c1. The molecular formula is C77H121N13O43S9. The molecular weight excluding hydrogens is 2080 g/mol. The Bertz CT molecular complexity index is 5610. The molecule has 56 nitrogen and oxygen atoms in total. The van der Waals surface area contributed by atoms with Crippen molar-refractivity contribution in [2.45, 2.75) is 96.8 Å². The molecule has 0 radical (unpaired) electrons. The van der Waals surface area contributed by atoms with Crippen molar-refractivity contribution in [1.82, 2.24) is 36.6 Å². The highest BCUT2D eigenvalue weighted by Gasteiger charge is 2.28. The summed E-state index contributed by atoms with van der Waals surface area (Å²) in [6, 6.07) is 9.42. The van der Waals surface area contributed by atoms with Crippen molar-refractivity contribution in [1.29, 1.82) is 5.53 Å². The number of nitrogens with zero attached hydrogens (tertiary/aromatic N) is 3. The summed E-state index contributed by atoms with van der Waals surface area (Å²) in [6.45, 7) is -3.75. The van der Waals surface area contributed by atoms with Gasteiger partial charge in [0.1, 0.15) is 25.5 Å². The Morgan fingerprint density at radius 2 is 0.521 bits per heavy atom. The highest BCUT2D eigenvalue weighted by molar-refractivity contribution is 7.87. The molecule has 142 heavy (non-hydrogen) atoms. The van der Waals surface area contributed by atoms with Gasteiger partial charge in [0.2, 0.25) is 23.0 Å². The Kier molecular flexibility index (Phi) is 52.9. The molecule has 0 saturated heterocycles. The molecule has 0 aromatic heterocycles. The summed E-state index contributed by atoms with van der Waals surface area (Å²) in [6.07, 6.45) is 2.57. The Hall–Kier alpha value is -10.7. The standard InChI is InChI=1S/C77H121N13O43S9/c1-2-3-17-84-74(91)58-47-68(131-52-59(78)50-89(81)21-5-19-86-76(93)56-43-64(124-25-9-34-136(101,102)103)71(129-30-14-39-141(116,117)118)65(44-56)125-26-10-35-137(104,105)106)73(133-54-61(88-80)49-83-16-4-18-85-75(92)55-41-62(122-23-7-32-134(95,96)97)70(128-29-13-38-140(113,114)115)63(42-55)123-24-8-33-135(98,99)100)69(48-58)132-53-60(79)51-90(82)22-6-20-87-77(94)57-45-66(126-27-11-36-138(107,108)109)72(130-31-15-40-142(119,120)121)67(46-57)127-28-12-37-139(110,111)112/h41-51,80,83H,2-40,52-54,78-79,81-82H2,1H3,(H,84,91)(H,85,92)(H,86,93)(H,87,94)(H,95,96,97)(H,98,99,100)(H,101,102,103)(H,104,105,106)(H,107,108,109)(H,110,111,112)(H,113,114,115)(H,116,117,118)(H,119,120,121)/b59-50-,60-51-,61-49-,88-80?. The number of ether oxygens (including phenoxy) is 12. The fourth-order valence-electron chi connectivity index (χ4n) is 11.5. The molecule has 23 N–H and O–H groups in total. The molecule has 0 atom stereocenters. The van der Waals surface area contributed by atoms with Crippen molar-refractivity contribution in [3.63, 3.8) is 0 Å². The maximum absolute atomic E-state index is 14.0. The van der Waals surface area contributed by atoms with Gasteiger partial charge in [-0.15, -0.1) is 0 Å². The van der Waals surface area contributed by atoms with E-state index in [2.05, 4.69) is 31.7 Å². The summed E-state index contributed by atoms with van der Waals surface area (Å²) in [4.78, 5) is 55.5. The van der Waals surface area contributed by atoms with E-state index < -0.39 is 246 Å². The molecule has 4 amide bonds. The lowest BCUT2D eigenvalue weighted by molar-refractivity contribution is 0.0943. The summed E-state index contributed by atoms with van der Waals surface area (Å²) in [7, 11) is -40.3. The van der Waals surface area contributed by atoms with Crippen molar-refractivity contribution in [3.05, 3.63) is 106 Å². The number of benzene rings is 4. The normalized spacial score (nSPS) is 12.5. The van der Waals surface area contributed by atoms with Crippen LogP contribution in [-0.4, -0.2) is 327 Å². The van der Waals surface area contributed by atoms with Crippen LogP contribution in [-0.2, 0) is 91.1 Å². The molecule has 0 fully saturated rings. The van der Waals surface area contributed by atoms with Crippen LogP contribution in [0.4, 0.5) is 0 Å². The predicted octanol–water partition coefficient (Wildman–Crippen LogP) is 1.14. The molecule has 0 aliphatic rings. The van der Waals surface area contributed by atoms with Gasteiger partial charge in [-0.2, -0.15) is 80.9 Å². The Morgan fingerprint density at radius 3 is 0.746 bits per heavy atom. The number of rotatable bonds is 77. The third-order valence-corrected chi connectivity index (χ3v) is 25.2. The third kappa shape index (κ3) is 56.4. The van der Waals surface area contributed by atoms with Crippen molar-refractivity contribution < 1.29 is 193 Å². The number of carbonyl (C=O) groups is 4. The minimum Gasteiger partial charge on any atom is -0.489 e. The lowest BCUT2D eigenvalue weighted by Crippen LogP contribution is -2.32. The molecule has 0 aliphatic carbocycles. The van der Waals surface area contributed by atoms with Crippen LogP contribution in [0.1, 0.15) is 138 Å². The zero-order valence-corrected chi connectivity index (χ0v) is 84.1. The molecule has 65 heteroatoms. The molecule has 0 saturated carbocycles. The third-order valence-electron chi connectivity index (χ3n) is 17.9. The first-order chi connectivity index (χ1) is 66.3. The number of unbranched alkanes of at least 4 members (excludes halogenated alkanes) is 1. The van der Waals surface area contributed by atoms with E-state index in [0.717, 1.165) is 46.4 Å². The fourth-order valence-corrected chi connectivity index (χ4v) is 15.9. The molecule has 0 heterocycles. The van der Waals surface area contributed by atoms with Gasteiger partial charge in [-0.1, -0.05) is 13.3 Å². The molecule has 0 unspecified atom stereocenters. The summed E-state index contributed by atoms with van der Waals surface area (Å²) >= 11 is 0. The second kappa shape index (κ2) is 60.8. The minimum absolute atomic E-state index is 0.0440. The first kappa shape index (κ1) is 124. The topological polar surface area (TPSA) is 875 Å². The number of hydrogen-bond acceptors (Lipinski definition) is 43. The number of amides is 4. The maximum atomic E-state index is 14.0. The lowest BCUT2D eigenvalue weighted by atomic mass is 10.1. The van der Waals surface area contributed by atoms with Crippen LogP contribution in [0.15, 0.2) is 89.3 Å². The van der Waals surface area contributed by atoms with Gasteiger partial charge in [-0.05, 0) is 132 Å². The largest absolute Gasteiger partial charge is 0.489 e. The average Bonchev–Trinajstić information content (AvgIpc) is 0.845. The van der Waals surface area contributed by atoms with E-state index in [1.54, 1.807) is 0 Å². The van der Waals surface area contributed by atoms with Crippen LogP contribution in [0.2, 0.25) is 0 Å². The molecule has 4 aromatic carbocycles. The predicted molar refractivity (Wildman–Crippen MR) is 507 cm³/mol. The maximum Gasteiger partial charge on any atom is 0.264 e. The van der Waals surface area contributed by atoms with Gasteiger partial charge in [-0.3, -0.25) is 60.2 Å². The highest BCUT2D eigenvalue weighted by atomic mass is 32.3. The first-order valence-corrected chi connectivity index (χ1v) is 57.5. The van der Waals surface area contributed by atoms with Crippen LogP contribution < -0.4 is 107 Å². The second-order valence-corrected chi connectivity index (χ2v) is 44.6. The number of hydrazine groups is 2. The second-order valence-electron chi connectivity index (χ2n) is 30.5. The zero-order chi connectivity index (χ0) is 106. The van der Waals surface area contributed by atoms with Crippen molar-refractivity contribution in [2.75, 3.05) is 177 Å². The van der Waals surface area contributed by atoms with Gasteiger partial charge in [0.05, 0.1) is 123 Å². The van der Waals surface area contributed by atoms with Crippen molar-refractivity contribution in [3.8, 4) is 69.0 Å². The van der Waals surface area contributed by atoms with E-state index in [4.69, 9.17) is 85.5 Å². The van der Waals surface area contributed by atoms with Crippen LogP contribution in [0.25, 0.3) is 0 Å². The van der Waals surface area contributed by atoms with Gasteiger partial charge < -0.3 is 105 Å². The molecule has 0 aliphatic heterocycles. The average molecular weight is 2210 g/mol. The van der Waals surface area contributed by atoms with E-state index in [-0.39, 0.29) is 231 Å². The smallest absolute Gasteiger partial charge is 0.264 e. The minimum atomic E-state index is -4.48. The van der Waals surface area contributed by atoms with Gasteiger partial charge in [-0.25, -0.2) is 17.2 Å². The quantitative estimate of drug-likeness (QED) is 0.00969. The van der Waals surface area contributed by atoms with Gasteiger partial charge in [0, 0.05) is 86.7 Å². The Balaban J connectivity index is 1.70. The lowest BCUT2D eigenvalue weighted by Gasteiger charge is -2.20. The van der Waals surface area contributed by atoms with Crippen molar-refractivity contribution in [2.24, 2.45) is 28.3 Å². The summed E-state index contributed by atoms with van der Waals surface area (Å²) in [5.41, 5.74) is 20.2. The summed E-state index contributed by atoms with van der Waals surface area (Å²) in [5.74, 6) is -0.304. The molecule has 0 spiro atoms. The fraction of sp³-hybridized carbons (Fsp3) is 0.558. The molecule has 0 bridgehead atoms. The van der Waals surface area contributed by atoms with E-state index in [0.29, 0.717) is 12.8 Å². The summed E-state index contributed by atoms with van der Waals surface area (Å²) in [5, 5.41) is 19.5. The summed E-state index contributed by atoms with van der Waals surface area (Å²) < 4.78 is 361. The van der Waals surface area contributed by atoms with E-state index in [9.17, 15) is 136 Å². The zero-order valence-electron chi connectivity index (χ0n) is 76.8.